The van der Waals surface area contributed by atoms with Gasteiger partial charge in [0.25, 0.3) is 11.6 Å². The largest absolute Gasteiger partial charge is 0.461 e. The number of ether oxygens (including phenoxy) is 1. The van der Waals surface area contributed by atoms with Gasteiger partial charge in [0.15, 0.2) is 11.2 Å². The Kier molecular flexibility index (Phi) is 5.58. The summed E-state index contributed by atoms with van der Waals surface area (Å²) in [5.74, 6) is 0.482. The zero-order valence-corrected chi connectivity index (χ0v) is 20.2. The van der Waals surface area contributed by atoms with Gasteiger partial charge in [-0.2, -0.15) is 4.98 Å². The second-order valence-electron chi connectivity index (χ2n) is 9.77. The highest BCUT2D eigenvalue weighted by atomic mass is 16.5. The Labute approximate surface area is 197 Å². The first kappa shape index (κ1) is 22.4. The first-order valence-corrected chi connectivity index (χ1v) is 11.9. The molecule has 2 fully saturated rings. The quantitative estimate of drug-likeness (QED) is 0.574. The van der Waals surface area contributed by atoms with E-state index in [1.807, 2.05) is 18.7 Å². The van der Waals surface area contributed by atoms with Crippen LogP contribution in [0, 0.1) is 19.8 Å². The number of carbonyl (C=O) groups is 1. The van der Waals surface area contributed by atoms with Crippen molar-refractivity contribution < 1.29 is 9.53 Å². The Morgan fingerprint density at radius 1 is 1.00 bits per heavy atom. The summed E-state index contributed by atoms with van der Waals surface area (Å²) in [7, 11) is 3.09. The van der Waals surface area contributed by atoms with E-state index in [2.05, 4.69) is 23.2 Å². The van der Waals surface area contributed by atoms with Crippen LogP contribution >= 0.6 is 0 Å². The van der Waals surface area contributed by atoms with Crippen molar-refractivity contribution in [2.24, 2.45) is 20.0 Å². The molecule has 9 heteroatoms. The molecule has 1 aliphatic carbocycles. The molecule has 34 heavy (non-hydrogen) atoms. The van der Waals surface area contributed by atoms with Crippen LogP contribution in [-0.4, -0.2) is 48.7 Å². The number of hydrogen-bond acceptors (Lipinski definition) is 5. The zero-order chi connectivity index (χ0) is 24.1. The fraction of sp³-hybridized carbons (Fsp3) is 0.520. The zero-order valence-electron chi connectivity index (χ0n) is 20.2. The number of amides is 1. The monoisotopic (exact) mass is 465 g/mol. The van der Waals surface area contributed by atoms with Gasteiger partial charge in [-0.1, -0.05) is 29.3 Å². The summed E-state index contributed by atoms with van der Waals surface area (Å²) in [5.41, 5.74) is 3.14. The molecule has 0 N–H and O–H groups in total. The number of rotatable bonds is 5. The van der Waals surface area contributed by atoms with E-state index >= 15 is 0 Å². The molecule has 0 radical (unpaired) electrons. The molecule has 0 spiro atoms. The lowest BCUT2D eigenvalue weighted by Crippen LogP contribution is -2.42. The van der Waals surface area contributed by atoms with Crippen LogP contribution in [0.2, 0.25) is 0 Å². The summed E-state index contributed by atoms with van der Waals surface area (Å²) in [5, 5.41) is 0. The van der Waals surface area contributed by atoms with Crippen molar-refractivity contribution in [1.82, 2.24) is 23.6 Å². The van der Waals surface area contributed by atoms with Crippen LogP contribution in [0.4, 0.5) is 0 Å². The normalized spacial score (nSPS) is 16.9. The van der Waals surface area contributed by atoms with Gasteiger partial charge in [-0.25, -0.2) is 4.79 Å². The minimum absolute atomic E-state index is 0.112. The van der Waals surface area contributed by atoms with Gasteiger partial charge in [-0.15, -0.1) is 0 Å². The molecule has 0 unspecified atom stereocenters. The summed E-state index contributed by atoms with van der Waals surface area (Å²) in [4.78, 5) is 44.6. The molecule has 1 aromatic carbocycles. The van der Waals surface area contributed by atoms with Gasteiger partial charge in [0.1, 0.15) is 6.10 Å². The number of carbonyl (C=O) groups excluding carboxylic acids is 1. The average Bonchev–Trinajstić information content (AvgIpc) is 3.59. The number of fused-ring (bicyclic) bond motifs is 1. The number of likely N-dealkylation sites (tertiary alicyclic amines) is 1. The highest BCUT2D eigenvalue weighted by Gasteiger charge is 2.35. The SMILES string of the molecule is Cc1cc(C)cc(Cn2c(OC3CCN(C(=O)C4CC4)CC3)nc3c2c(=O)n(C)c(=O)n3C)c1. The Hall–Kier alpha value is -3.36. The van der Waals surface area contributed by atoms with Crippen LogP contribution in [0.5, 0.6) is 6.01 Å². The number of benzene rings is 1. The highest BCUT2D eigenvalue weighted by Crippen LogP contribution is 2.32. The topological polar surface area (TPSA) is 91.4 Å². The molecule has 1 aliphatic heterocycles. The molecule has 2 aromatic heterocycles. The molecule has 0 atom stereocenters. The van der Waals surface area contributed by atoms with Crippen molar-refractivity contribution in [3.05, 3.63) is 55.7 Å². The maximum atomic E-state index is 13.1. The van der Waals surface area contributed by atoms with Crippen LogP contribution in [0.1, 0.15) is 42.4 Å². The fourth-order valence-electron chi connectivity index (χ4n) is 4.94. The Morgan fingerprint density at radius 2 is 1.65 bits per heavy atom. The molecule has 180 valence electrons. The maximum absolute atomic E-state index is 13.1. The lowest BCUT2D eigenvalue weighted by atomic mass is 10.1. The smallest absolute Gasteiger partial charge is 0.332 e. The molecule has 1 amide bonds. The first-order valence-electron chi connectivity index (χ1n) is 11.9. The molecule has 0 bridgehead atoms. The Balaban J connectivity index is 1.50. The number of aryl methyl sites for hydroxylation is 3. The number of piperidine rings is 1. The van der Waals surface area contributed by atoms with Crippen molar-refractivity contribution >= 4 is 17.1 Å². The van der Waals surface area contributed by atoms with Crippen molar-refractivity contribution in [3.8, 4) is 6.01 Å². The Morgan fingerprint density at radius 3 is 2.26 bits per heavy atom. The Bertz CT molecular complexity index is 1370. The van der Waals surface area contributed by atoms with E-state index in [1.165, 1.54) is 11.6 Å². The van der Waals surface area contributed by atoms with Gasteiger partial charge in [0.2, 0.25) is 5.91 Å². The predicted octanol–water partition coefficient (Wildman–Crippen LogP) is 1.88. The van der Waals surface area contributed by atoms with E-state index in [0.29, 0.717) is 49.7 Å². The van der Waals surface area contributed by atoms with Crippen LogP contribution in [0.3, 0.4) is 0 Å². The minimum atomic E-state index is -0.424. The molecule has 9 nitrogen and oxygen atoms in total. The number of nitrogens with zero attached hydrogens (tertiary/aromatic N) is 5. The van der Waals surface area contributed by atoms with Gasteiger partial charge in [0.05, 0.1) is 6.54 Å². The maximum Gasteiger partial charge on any atom is 0.332 e. The van der Waals surface area contributed by atoms with Gasteiger partial charge in [0, 0.05) is 45.9 Å². The lowest BCUT2D eigenvalue weighted by molar-refractivity contribution is -0.134. The van der Waals surface area contributed by atoms with Gasteiger partial charge < -0.3 is 9.64 Å². The van der Waals surface area contributed by atoms with Crippen LogP contribution in [-0.2, 0) is 25.4 Å². The third-order valence-corrected chi connectivity index (χ3v) is 6.89. The molecule has 5 rings (SSSR count). The molecule has 1 saturated carbocycles. The van der Waals surface area contributed by atoms with Gasteiger partial charge in [-0.05, 0) is 32.3 Å². The molecule has 2 aliphatic rings. The van der Waals surface area contributed by atoms with E-state index < -0.39 is 11.2 Å². The van der Waals surface area contributed by atoms with Crippen LogP contribution in [0.25, 0.3) is 11.2 Å². The molecule has 1 saturated heterocycles. The predicted molar refractivity (Wildman–Crippen MR) is 128 cm³/mol. The third-order valence-electron chi connectivity index (χ3n) is 6.89. The van der Waals surface area contributed by atoms with E-state index in [1.54, 1.807) is 11.6 Å². The second-order valence-corrected chi connectivity index (χ2v) is 9.77. The lowest BCUT2D eigenvalue weighted by Gasteiger charge is -2.32. The van der Waals surface area contributed by atoms with Crippen molar-refractivity contribution in [3.63, 3.8) is 0 Å². The standard InChI is InChI=1S/C25H31N5O4/c1-15-11-16(2)13-17(12-15)14-30-20-21(27(3)25(33)28(4)23(20)32)26-24(30)34-19-7-9-29(10-8-19)22(31)18-5-6-18/h11-13,18-19H,5-10,14H2,1-4H3. The van der Waals surface area contributed by atoms with E-state index in [4.69, 9.17) is 4.74 Å². The number of aromatic nitrogens is 4. The molecule has 3 aromatic rings. The minimum Gasteiger partial charge on any atom is -0.461 e. The summed E-state index contributed by atoms with van der Waals surface area (Å²) in [6, 6.07) is 6.60. The van der Waals surface area contributed by atoms with Gasteiger partial charge >= 0.3 is 5.69 Å². The second kappa shape index (κ2) is 8.45. The average molecular weight is 466 g/mol. The van der Waals surface area contributed by atoms with Crippen molar-refractivity contribution in [2.75, 3.05) is 13.1 Å². The number of imidazole rings is 1. The summed E-state index contributed by atoms with van der Waals surface area (Å²) >= 11 is 0. The van der Waals surface area contributed by atoms with E-state index in [-0.39, 0.29) is 17.9 Å². The first-order chi connectivity index (χ1) is 16.2. The summed E-state index contributed by atoms with van der Waals surface area (Å²) in [6.45, 7) is 5.81. The fourth-order valence-corrected chi connectivity index (χ4v) is 4.94. The van der Waals surface area contributed by atoms with Crippen LogP contribution < -0.4 is 16.0 Å². The highest BCUT2D eigenvalue weighted by molar-refractivity contribution is 5.81. The molecule has 3 heterocycles. The summed E-state index contributed by atoms with van der Waals surface area (Å²) < 4.78 is 10.6. The summed E-state index contributed by atoms with van der Waals surface area (Å²) in [6.07, 6.45) is 3.32. The molecular formula is C25H31N5O4. The molecular weight excluding hydrogens is 434 g/mol. The van der Waals surface area contributed by atoms with Crippen molar-refractivity contribution in [2.45, 2.75) is 52.2 Å². The van der Waals surface area contributed by atoms with E-state index in [9.17, 15) is 14.4 Å². The third kappa shape index (κ3) is 4.03. The number of hydrogen-bond donors (Lipinski definition) is 0. The van der Waals surface area contributed by atoms with Crippen molar-refractivity contribution in [1.29, 1.82) is 0 Å². The van der Waals surface area contributed by atoms with Gasteiger partial charge in [-0.3, -0.25) is 23.3 Å². The van der Waals surface area contributed by atoms with E-state index in [0.717, 1.165) is 34.1 Å². The van der Waals surface area contributed by atoms with Crippen LogP contribution in [0.15, 0.2) is 27.8 Å².